The van der Waals surface area contributed by atoms with Crippen LogP contribution >= 0.6 is 0 Å². The highest BCUT2D eigenvalue weighted by molar-refractivity contribution is 7.89. The molecule has 0 spiro atoms. The van der Waals surface area contributed by atoms with E-state index in [2.05, 4.69) is 5.32 Å². The van der Waals surface area contributed by atoms with Crippen molar-refractivity contribution in [2.45, 2.75) is 37.6 Å². The second-order valence-electron chi connectivity index (χ2n) is 6.70. The van der Waals surface area contributed by atoms with E-state index in [1.54, 1.807) is 19.1 Å². The second kappa shape index (κ2) is 7.60. The summed E-state index contributed by atoms with van der Waals surface area (Å²) < 4.78 is 27.2. The zero-order valence-electron chi connectivity index (χ0n) is 15.1. The normalized spacial score (nSPS) is 16.4. The molecule has 1 amide bonds. The van der Waals surface area contributed by atoms with Crippen LogP contribution in [0.25, 0.3) is 0 Å². The predicted octanol–water partition coefficient (Wildman–Crippen LogP) is 3.27. The highest BCUT2D eigenvalue weighted by Gasteiger charge is 2.29. The molecule has 5 nitrogen and oxygen atoms in total. The van der Waals surface area contributed by atoms with Gasteiger partial charge < -0.3 is 5.32 Å². The minimum Gasteiger partial charge on any atom is -0.346 e. The molecule has 2 aromatic carbocycles. The first-order chi connectivity index (χ1) is 12.4. The third-order valence-corrected chi connectivity index (χ3v) is 6.82. The maximum absolute atomic E-state index is 12.9. The molecule has 1 heterocycles. The SMILES string of the molecule is Cc1ccc(C(=O)N[C@@H](C)c2ccccc2)cc1S(=O)(=O)N1CCCC1. The second-order valence-corrected chi connectivity index (χ2v) is 8.60. The van der Waals surface area contributed by atoms with Crippen molar-refractivity contribution < 1.29 is 13.2 Å². The minimum atomic E-state index is -3.55. The third kappa shape index (κ3) is 3.81. The number of hydrogen-bond acceptors (Lipinski definition) is 3. The Bertz CT molecular complexity index is 889. The molecule has 0 unspecified atom stereocenters. The van der Waals surface area contributed by atoms with E-state index in [1.807, 2.05) is 37.3 Å². The molecule has 1 N–H and O–H groups in total. The molecule has 0 bridgehead atoms. The highest BCUT2D eigenvalue weighted by atomic mass is 32.2. The Hall–Kier alpha value is -2.18. The van der Waals surface area contributed by atoms with Crippen molar-refractivity contribution in [1.29, 1.82) is 0 Å². The molecule has 0 aliphatic carbocycles. The van der Waals surface area contributed by atoms with Gasteiger partial charge in [-0.15, -0.1) is 0 Å². The quantitative estimate of drug-likeness (QED) is 0.876. The summed E-state index contributed by atoms with van der Waals surface area (Å²) in [5.41, 5.74) is 2.01. The minimum absolute atomic E-state index is 0.163. The molecule has 0 aromatic heterocycles. The maximum Gasteiger partial charge on any atom is 0.251 e. The van der Waals surface area contributed by atoms with Gasteiger partial charge in [0.15, 0.2) is 0 Å². The van der Waals surface area contributed by atoms with Crippen LogP contribution in [-0.4, -0.2) is 31.7 Å². The van der Waals surface area contributed by atoms with Gasteiger partial charge in [0.1, 0.15) is 0 Å². The van der Waals surface area contributed by atoms with Gasteiger partial charge in [0.05, 0.1) is 10.9 Å². The number of carbonyl (C=O) groups is 1. The van der Waals surface area contributed by atoms with Crippen LogP contribution in [-0.2, 0) is 10.0 Å². The Morgan fingerprint density at radius 3 is 2.38 bits per heavy atom. The van der Waals surface area contributed by atoms with E-state index in [1.165, 1.54) is 10.4 Å². The van der Waals surface area contributed by atoms with Crippen LogP contribution in [0.5, 0.6) is 0 Å². The summed E-state index contributed by atoms with van der Waals surface area (Å²) in [7, 11) is -3.55. The Morgan fingerprint density at radius 1 is 1.08 bits per heavy atom. The molecular formula is C20H24N2O3S. The summed E-state index contributed by atoms with van der Waals surface area (Å²) in [6, 6.07) is 14.4. The molecule has 1 atom stereocenters. The largest absolute Gasteiger partial charge is 0.346 e. The number of hydrogen-bond donors (Lipinski definition) is 1. The van der Waals surface area contributed by atoms with Crippen molar-refractivity contribution in [1.82, 2.24) is 9.62 Å². The molecule has 1 saturated heterocycles. The van der Waals surface area contributed by atoms with E-state index in [0.717, 1.165) is 18.4 Å². The van der Waals surface area contributed by atoms with E-state index in [-0.39, 0.29) is 16.8 Å². The van der Waals surface area contributed by atoms with Crippen molar-refractivity contribution in [3.63, 3.8) is 0 Å². The molecular weight excluding hydrogens is 348 g/mol. The smallest absolute Gasteiger partial charge is 0.251 e. The molecule has 0 saturated carbocycles. The van der Waals surface area contributed by atoms with Crippen molar-refractivity contribution in [3.8, 4) is 0 Å². The van der Waals surface area contributed by atoms with Gasteiger partial charge in [-0.25, -0.2) is 8.42 Å². The van der Waals surface area contributed by atoms with Gasteiger partial charge in [0.2, 0.25) is 10.0 Å². The van der Waals surface area contributed by atoms with Gasteiger partial charge in [-0.2, -0.15) is 4.31 Å². The monoisotopic (exact) mass is 372 g/mol. The van der Waals surface area contributed by atoms with Crippen molar-refractivity contribution in [2.75, 3.05) is 13.1 Å². The van der Waals surface area contributed by atoms with Gasteiger partial charge in [-0.05, 0) is 49.9 Å². The van der Waals surface area contributed by atoms with E-state index < -0.39 is 10.0 Å². The zero-order valence-corrected chi connectivity index (χ0v) is 15.9. The lowest BCUT2D eigenvalue weighted by Crippen LogP contribution is -2.30. The van der Waals surface area contributed by atoms with Crippen LogP contribution in [0.3, 0.4) is 0 Å². The molecule has 3 rings (SSSR count). The number of nitrogens with one attached hydrogen (secondary N) is 1. The van der Waals surface area contributed by atoms with Crippen LogP contribution in [0.15, 0.2) is 53.4 Å². The lowest BCUT2D eigenvalue weighted by atomic mass is 10.1. The fourth-order valence-electron chi connectivity index (χ4n) is 3.19. The van der Waals surface area contributed by atoms with E-state index in [4.69, 9.17) is 0 Å². The number of sulfonamides is 1. The first-order valence-electron chi connectivity index (χ1n) is 8.86. The number of aryl methyl sites for hydroxylation is 1. The fourth-order valence-corrected chi connectivity index (χ4v) is 4.96. The van der Waals surface area contributed by atoms with Gasteiger partial charge in [0, 0.05) is 18.7 Å². The molecule has 138 valence electrons. The Kier molecular flexibility index (Phi) is 5.44. The molecule has 1 fully saturated rings. The number of rotatable bonds is 5. The van der Waals surface area contributed by atoms with Crippen LogP contribution < -0.4 is 5.32 Å². The molecule has 0 radical (unpaired) electrons. The first-order valence-corrected chi connectivity index (χ1v) is 10.3. The average molecular weight is 372 g/mol. The van der Waals surface area contributed by atoms with Crippen molar-refractivity contribution >= 4 is 15.9 Å². The Morgan fingerprint density at radius 2 is 1.73 bits per heavy atom. The topological polar surface area (TPSA) is 66.5 Å². The van der Waals surface area contributed by atoms with Crippen LogP contribution in [0.2, 0.25) is 0 Å². The van der Waals surface area contributed by atoms with Crippen LogP contribution in [0, 0.1) is 6.92 Å². The van der Waals surface area contributed by atoms with E-state index in [0.29, 0.717) is 24.2 Å². The number of nitrogens with zero attached hydrogens (tertiary/aromatic N) is 1. The van der Waals surface area contributed by atoms with E-state index >= 15 is 0 Å². The van der Waals surface area contributed by atoms with Gasteiger partial charge in [-0.1, -0.05) is 36.4 Å². The number of amides is 1. The summed E-state index contributed by atoms with van der Waals surface area (Å²) in [6.45, 7) is 4.76. The van der Waals surface area contributed by atoms with Crippen molar-refractivity contribution in [2.24, 2.45) is 0 Å². The zero-order chi connectivity index (χ0) is 18.7. The third-order valence-electron chi connectivity index (χ3n) is 4.78. The molecule has 26 heavy (non-hydrogen) atoms. The Labute approximate surface area is 155 Å². The summed E-state index contributed by atoms with van der Waals surface area (Å²) >= 11 is 0. The van der Waals surface area contributed by atoms with Gasteiger partial charge in [0.25, 0.3) is 5.91 Å². The summed E-state index contributed by atoms with van der Waals surface area (Å²) in [4.78, 5) is 12.8. The van der Waals surface area contributed by atoms with E-state index in [9.17, 15) is 13.2 Å². The predicted molar refractivity (Wildman–Crippen MR) is 101 cm³/mol. The molecule has 1 aliphatic heterocycles. The summed E-state index contributed by atoms with van der Waals surface area (Å²) in [5, 5.41) is 2.93. The van der Waals surface area contributed by atoms with Gasteiger partial charge >= 0.3 is 0 Å². The lowest BCUT2D eigenvalue weighted by molar-refractivity contribution is 0.0939. The van der Waals surface area contributed by atoms with Gasteiger partial charge in [-0.3, -0.25) is 4.79 Å². The molecule has 2 aromatic rings. The number of carbonyl (C=O) groups excluding carboxylic acids is 1. The highest BCUT2D eigenvalue weighted by Crippen LogP contribution is 2.25. The standard InChI is InChI=1S/C20H24N2O3S/c1-15-10-11-18(14-19(15)26(24,25)22-12-6-7-13-22)20(23)21-16(2)17-8-4-3-5-9-17/h3-5,8-11,14,16H,6-7,12-13H2,1-2H3,(H,21,23)/t16-/m0/s1. The average Bonchev–Trinajstić information content (AvgIpc) is 3.18. The van der Waals surface area contributed by atoms with Crippen LogP contribution in [0.1, 0.15) is 47.3 Å². The number of benzene rings is 2. The summed E-state index contributed by atoms with van der Waals surface area (Å²) in [5.74, 6) is -0.278. The molecule has 6 heteroatoms. The maximum atomic E-state index is 12.9. The van der Waals surface area contributed by atoms with Crippen LogP contribution in [0.4, 0.5) is 0 Å². The van der Waals surface area contributed by atoms with Crippen molar-refractivity contribution in [3.05, 3.63) is 65.2 Å². The first kappa shape index (κ1) is 18.6. The fraction of sp³-hybridized carbons (Fsp3) is 0.350. The Balaban J connectivity index is 1.84. The summed E-state index contributed by atoms with van der Waals surface area (Å²) in [6.07, 6.45) is 1.76. The molecule has 1 aliphatic rings. The lowest BCUT2D eigenvalue weighted by Gasteiger charge is -2.18.